The van der Waals surface area contributed by atoms with E-state index in [-0.39, 0.29) is 35.3 Å². The van der Waals surface area contributed by atoms with E-state index < -0.39 is 17.5 Å². The number of amides is 2. The predicted molar refractivity (Wildman–Crippen MR) is 101 cm³/mol. The molecule has 0 spiro atoms. The van der Waals surface area contributed by atoms with Gasteiger partial charge in [-0.3, -0.25) is 9.59 Å². The summed E-state index contributed by atoms with van der Waals surface area (Å²) in [6, 6.07) is 2.95. The zero-order valence-corrected chi connectivity index (χ0v) is 16.0. The number of nitrogens with one attached hydrogen (secondary N) is 1. The molecule has 0 unspecified atom stereocenters. The monoisotopic (exact) mass is 401 g/mol. The lowest BCUT2D eigenvalue weighted by Gasteiger charge is -2.35. The van der Waals surface area contributed by atoms with Gasteiger partial charge in [0, 0.05) is 31.6 Å². The van der Waals surface area contributed by atoms with Crippen LogP contribution in [-0.4, -0.2) is 41.9 Å². The van der Waals surface area contributed by atoms with Gasteiger partial charge in [-0.05, 0) is 37.8 Å². The fourth-order valence-electron chi connectivity index (χ4n) is 3.97. The Labute approximate surface area is 164 Å². The van der Waals surface area contributed by atoms with E-state index in [1.54, 1.807) is 0 Å². The van der Waals surface area contributed by atoms with E-state index in [1.165, 1.54) is 4.90 Å². The Hall–Kier alpha value is -1.73. The molecular weight excluding hydrogens is 376 g/mol. The van der Waals surface area contributed by atoms with Gasteiger partial charge in [-0.1, -0.05) is 12.8 Å². The Kier molecular flexibility index (Phi) is 7.17. The maximum absolute atomic E-state index is 13.8. The molecule has 1 aromatic carbocycles. The lowest BCUT2D eigenvalue weighted by molar-refractivity contribution is -0.128. The van der Waals surface area contributed by atoms with Gasteiger partial charge < -0.3 is 16.0 Å². The zero-order chi connectivity index (χ0) is 18.7. The molecule has 2 fully saturated rings. The molecule has 27 heavy (non-hydrogen) atoms. The van der Waals surface area contributed by atoms with Crippen molar-refractivity contribution in [1.29, 1.82) is 0 Å². The number of hydrogen-bond acceptors (Lipinski definition) is 3. The average Bonchev–Trinajstić information content (AvgIpc) is 3.10. The second-order valence-electron chi connectivity index (χ2n) is 7.37. The van der Waals surface area contributed by atoms with Crippen LogP contribution >= 0.6 is 12.4 Å². The van der Waals surface area contributed by atoms with Crippen LogP contribution in [0.4, 0.5) is 8.78 Å². The number of halogens is 3. The second kappa shape index (κ2) is 8.97. The fraction of sp³-hybridized carbons (Fsp3) is 0.579. The highest BCUT2D eigenvalue weighted by atomic mass is 35.5. The SMILES string of the molecule is Cl.NCC1(NC(=O)C2CCN(C(=O)c3ccc(F)cc3F)CC2)CCCC1. The topological polar surface area (TPSA) is 75.4 Å². The molecule has 8 heteroatoms. The van der Waals surface area contributed by atoms with Crippen molar-refractivity contribution in [1.82, 2.24) is 10.2 Å². The summed E-state index contributed by atoms with van der Waals surface area (Å²) in [7, 11) is 0. The van der Waals surface area contributed by atoms with Crippen molar-refractivity contribution >= 4 is 24.2 Å². The number of nitrogens with two attached hydrogens (primary N) is 1. The molecule has 2 amide bonds. The number of nitrogens with zero attached hydrogens (tertiary/aromatic N) is 1. The summed E-state index contributed by atoms with van der Waals surface area (Å²) < 4.78 is 26.8. The first kappa shape index (κ1) is 21.6. The summed E-state index contributed by atoms with van der Waals surface area (Å²) in [4.78, 5) is 26.5. The van der Waals surface area contributed by atoms with Gasteiger partial charge in [0.05, 0.1) is 11.1 Å². The number of piperidine rings is 1. The zero-order valence-electron chi connectivity index (χ0n) is 15.2. The minimum Gasteiger partial charge on any atom is -0.349 e. The smallest absolute Gasteiger partial charge is 0.256 e. The van der Waals surface area contributed by atoms with E-state index in [4.69, 9.17) is 5.73 Å². The van der Waals surface area contributed by atoms with Crippen LogP contribution in [0.15, 0.2) is 18.2 Å². The van der Waals surface area contributed by atoms with E-state index in [0.717, 1.165) is 37.8 Å². The molecule has 1 heterocycles. The Morgan fingerprint density at radius 1 is 1.19 bits per heavy atom. The van der Waals surface area contributed by atoms with Crippen LogP contribution < -0.4 is 11.1 Å². The summed E-state index contributed by atoms with van der Waals surface area (Å²) in [6.45, 7) is 1.20. The molecule has 0 atom stereocenters. The third-order valence-electron chi connectivity index (χ3n) is 5.65. The van der Waals surface area contributed by atoms with Crippen molar-refractivity contribution in [2.24, 2.45) is 11.7 Å². The van der Waals surface area contributed by atoms with E-state index in [1.807, 2.05) is 0 Å². The van der Waals surface area contributed by atoms with Gasteiger partial charge in [-0.25, -0.2) is 8.78 Å². The Morgan fingerprint density at radius 3 is 2.37 bits per heavy atom. The second-order valence-corrected chi connectivity index (χ2v) is 7.37. The molecule has 0 radical (unpaired) electrons. The number of benzene rings is 1. The molecule has 1 aliphatic heterocycles. The number of hydrogen-bond donors (Lipinski definition) is 2. The molecule has 5 nitrogen and oxygen atoms in total. The van der Waals surface area contributed by atoms with Crippen LogP contribution in [0.25, 0.3) is 0 Å². The van der Waals surface area contributed by atoms with Crippen LogP contribution in [0.1, 0.15) is 48.9 Å². The summed E-state index contributed by atoms with van der Waals surface area (Å²) in [5.41, 5.74) is 5.45. The van der Waals surface area contributed by atoms with E-state index in [9.17, 15) is 18.4 Å². The van der Waals surface area contributed by atoms with Crippen molar-refractivity contribution < 1.29 is 18.4 Å². The van der Waals surface area contributed by atoms with Gasteiger partial charge in [-0.2, -0.15) is 0 Å². The lowest BCUT2D eigenvalue weighted by atomic mass is 9.92. The van der Waals surface area contributed by atoms with Crippen LogP contribution in [0.3, 0.4) is 0 Å². The van der Waals surface area contributed by atoms with Gasteiger partial charge in [-0.15, -0.1) is 12.4 Å². The van der Waals surface area contributed by atoms with E-state index in [2.05, 4.69) is 5.32 Å². The molecule has 0 aromatic heterocycles. The number of likely N-dealkylation sites (tertiary alicyclic amines) is 1. The summed E-state index contributed by atoms with van der Waals surface area (Å²) in [5.74, 6) is -2.20. The predicted octanol–water partition coefficient (Wildman–Crippen LogP) is 2.63. The van der Waals surface area contributed by atoms with Gasteiger partial charge in [0.1, 0.15) is 11.6 Å². The molecule has 3 N–H and O–H groups in total. The Balaban J connectivity index is 0.00000261. The highest BCUT2D eigenvalue weighted by Gasteiger charge is 2.37. The van der Waals surface area contributed by atoms with Crippen LogP contribution in [-0.2, 0) is 4.79 Å². The van der Waals surface area contributed by atoms with Gasteiger partial charge in [0.25, 0.3) is 5.91 Å². The van der Waals surface area contributed by atoms with E-state index >= 15 is 0 Å². The van der Waals surface area contributed by atoms with Crippen molar-refractivity contribution in [3.63, 3.8) is 0 Å². The maximum atomic E-state index is 13.8. The standard InChI is InChI=1S/C19H25F2N3O2.ClH/c20-14-3-4-15(16(21)11-14)18(26)24-9-5-13(6-10-24)17(25)23-19(12-22)7-1-2-8-19;/h3-4,11,13H,1-2,5-10,12,22H2,(H,23,25);1H. The van der Waals surface area contributed by atoms with Crippen molar-refractivity contribution in [2.75, 3.05) is 19.6 Å². The molecule has 150 valence electrons. The fourth-order valence-corrected chi connectivity index (χ4v) is 3.97. The number of rotatable bonds is 4. The number of carbonyl (C=O) groups excluding carboxylic acids is 2. The summed E-state index contributed by atoms with van der Waals surface area (Å²) in [6.07, 6.45) is 5.04. The molecule has 1 saturated heterocycles. The van der Waals surface area contributed by atoms with Crippen LogP contribution in [0.2, 0.25) is 0 Å². The molecule has 0 bridgehead atoms. The first-order valence-corrected chi connectivity index (χ1v) is 9.20. The van der Waals surface area contributed by atoms with Crippen molar-refractivity contribution in [3.05, 3.63) is 35.4 Å². The van der Waals surface area contributed by atoms with E-state index in [0.29, 0.717) is 38.5 Å². The largest absolute Gasteiger partial charge is 0.349 e. The summed E-state index contributed by atoms with van der Waals surface area (Å²) in [5, 5.41) is 3.13. The normalized spacial score (nSPS) is 19.4. The maximum Gasteiger partial charge on any atom is 0.256 e. The quantitative estimate of drug-likeness (QED) is 0.814. The highest BCUT2D eigenvalue weighted by molar-refractivity contribution is 5.94. The molecule has 1 aromatic rings. The molecule has 1 aliphatic carbocycles. The summed E-state index contributed by atoms with van der Waals surface area (Å²) >= 11 is 0. The average molecular weight is 402 g/mol. The highest BCUT2D eigenvalue weighted by Crippen LogP contribution is 2.30. The molecule has 2 aliphatic rings. The first-order chi connectivity index (χ1) is 12.4. The Bertz CT molecular complexity index is 688. The molecule has 1 saturated carbocycles. The third-order valence-corrected chi connectivity index (χ3v) is 5.65. The Morgan fingerprint density at radius 2 is 1.81 bits per heavy atom. The van der Waals surface area contributed by atoms with Crippen molar-refractivity contribution in [3.8, 4) is 0 Å². The first-order valence-electron chi connectivity index (χ1n) is 9.20. The molecular formula is C19H26ClF2N3O2. The van der Waals surface area contributed by atoms with Crippen LogP contribution in [0.5, 0.6) is 0 Å². The van der Waals surface area contributed by atoms with Gasteiger partial charge in [0.15, 0.2) is 0 Å². The minimum atomic E-state index is -0.860. The minimum absolute atomic E-state index is 0. The number of carbonyl (C=O) groups is 2. The van der Waals surface area contributed by atoms with Gasteiger partial charge >= 0.3 is 0 Å². The third kappa shape index (κ3) is 4.76. The molecule has 3 rings (SSSR count). The van der Waals surface area contributed by atoms with Gasteiger partial charge in [0.2, 0.25) is 5.91 Å². The lowest BCUT2D eigenvalue weighted by Crippen LogP contribution is -2.54. The van der Waals surface area contributed by atoms with Crippen molar-refractivity contribution in [2.45, 2.75) is 44.1 Å². The van der Waals surface area contributed by atoms with Crippen LogP contribution in [0, 0.1) is 17.6 Å².